The Balaban J connectivity index is 1.33. The molecule has 31 heavy (non-hydrogen) atoms. The number of nitrogens with zero attached hydrogens (tertiary/aromatic N) is 1. The summed E-state index contributed by atoms with van der Waals surface area (Å²) >= 11 is 0. The van der Waals surface area contributed by atoms with Gasteiger partial charge in [-0.2, -0.15) is 0 Å². The minimum absolute atomic E-state index is 0.0564. The molecule has 0 fully saturated rings. The van der Waals surface area contributed by atoms with E-state index in [0.717, 1.165) is 31.4 Å². The summed E-state index contributed by atoms with van der Waals surface area (Å²) in [5, 5.41) is 0. The molecule has 1 aliphatic rings. The van der Waals surface area contributed by atoms with Crippen LogP contribution in [0.2, 0.25) is 0 Å². The Bertz CT molecular complexity index is 1120. The number of halogens is 2. The zero-order valence-electron chi connectivity index (χ0n) is 17.0. The smallest absolute Gasteiger partial charge is 0.307 e. The van der Waals surface area contributed by atoms with E-state index in [-0.39, 0.29) is 35.8 Å². The fourth-order valence-corrected chi connectivity index (χ4v) is 3.75. The molecular formula is C24H21F2NO4. The van der Waals surface area contributed by atoms with Crippen molar-refractivity contribution < 1.29 is 27.5 Å². The molecule has 1 unspecified atom stereocenters. The summed E-state index contributed by atoms with van der Waals surface area (Å²) in [4.78, 5) is 28.7. The maximum absolute atomic E-state index is 13.9. The minimum Gasteiger partial charge on any atom is -0.454 e. The molecule has 0 aliphatic heterocycles. The summed E-state index contributed by atoms with van der Waals surface area (Å²) in [6, 6.07) is 9.11. The molecule has 7 heteroatoms. The molecule has 0 N–H and O–H groups in total. The van der Waals surface area contributed by atoms with E-state index in [1.54, 1.807) is 6.07 Å². The number of hydrogen-bond donors (Lipinski definition) is 0. The van der Waals surface area contributed by atoms with Crippen LogP contribution in [0.5, 0.6) is 0 Å². The highest BCUT2D eigenvalue weighted by Crippen LogP contribution is 2.27. The Morgan fingerprint density at radius 2 is 1.87 bits per heavy atom. The first-order valence-electron chi connectivity index (χ1n) is 10.2. The lowest BCUT2D eigenvalue weighted by Crippen LogP contribution is -2.24. The maximum atomic E-state index is 13.9. The zero-order valence-corrected chi connectivity index (χ0v) is 17.0. The first-order valence-corrected chi connectivity index (χ1v) is 10.2. The predicted molar refractivity (Wildman–Crippen MR) is 109 cm³/mol. The fraction of sp³-hybridized carbons (Fsp3) is 0.292. The SMILES string of the molecule is CC(OC(=O)CCc1ncc(-c2c(F)cccc2F)o1)C(=O)c1ccc2c(c1)CCC2. The average molecular weight is 425 g/mol. The highest BCUT2D eigenvalue weighted by Gasteiger charge is 2.22. The number of fused-ring (bicyclic) bond motifs is 1. The van der Waals surface area contributed by atoms with E-state index < -0.39 is 23.7 Å². The summed E-state index contributed by atoms with van der Waals surface area (Å²) in [6.45, 7) is 1.54. The van der Waals surface area contributed by atoms with Gasteiger partial charge in [-0.1, -0.05) is 18.2 Å². The van der Waals surface area contributed by atoms with Crippen LogP contribution in [0, 0.1) is 11.6 Å². The van der Waals surface area contributed by atoms with Crippen LogP contribution in [0.4, 0.5) is 8.78 Å². The van der Waals surface area contributed by atoms with E-state index in [9.17, 15) is 18.4 Å². The van der Waals surface area contributed by atoms with Gasteiger partial charge in [0.05, 0.1) is 18.2 Å². The number of rotatable bonds is 7. The van der Waals surface area contributed by atoms with Crippen LogP contribution in [-0.4, -0.2) is 22.8 Å². The number of hydrogen-bond acceptors (Lipinski definition) is 5. The van der Waals surface area contributed by atoms with Gasteiger partial charge in [0.25, 0.3) is 0 Å². The number of carbonyl (C=O) groups is 2. The third kappa shape index (κ3) is 4.55. The highest BCUT2D eigenvalue weighted by atomic mass is 19.1. The summed E-state index contributed by atoms with van der Waals surface area (Å²) in [5.74, 6) is -2.27. The van der Waals surface area contributed by atoms with Crippen molar-refractivity contribution in [1.82, 2.24) is 4.98 Å². The largest absolute Gasteiger partial charge is 0.454 e. The van der Waals surface area contributed by atoms with Crippen molar-refractivity contribution in [2.75, 3.05) is 0 Å². The average Bonchev–Trinajstić information content (AvgIpc) is 3.40. The van der Waals surface area contributed by atoms with Gasteiger partial charge in [0.1, 0.15) is 11.6 Å². The molecule has 1 aromatic heterocycles. The molecule has 0 amide bonds. The van der Waals surface area contributed by atoms with E-state index in [1.807, 2.05) is 12.1 Å². The van der Waals surface area contributed by atoms with Crippen molar-refractivity contribution in [3.05, 3.63) is 76.8 Å². The van der Waals surface area contributed by atoms with E-state index in [4.69, 9.17) is 9.15 Å². The van der Waals surface area contributed by atoms with Gasteiger partial charge in [0, 0.05) is 12.0 Å². The van der Waals surface area contributed by atoms with Crippen LogP contribution < -0.4 is 0 Å². The number of ether oxygens (including phenoxy) is 1. The fourth-order valence-electron chi connectivity index (χ4n) is 3.75. The molecule has 4 rings (SSSR count). The van der Waals surface area contributed by atoms with Crippen LogP contribution in [0.15, 0.2) is 47.0 Å². The molecule has 0 bridgehead atoms. The van der Waals surface area contributed by atoms with Crippen LogP contribution in [0.25, 0.3) is 11.3 Å². The van der Waals surface area contributed by atoms with E-state index in [1.165, 1.54) is 30.3 Å². The number of benzene rings is 2. The summed E-state index contributed by atoms with van der Waals surface area (Å²) in [7, 11) is 0. The third-order valence-electron chi connectivity index (χ3n) is 5.37. The van der Waals surface area contributed by atoms with Crippen molar-refractivity contribution in [2.45, 2.75) is 45.1 Å². The molecule has 0 saturated carbocycles. The Morgan fingerprint density at radius 3 is 2.65 bits per heavy atom. The molecule has 2 aromatic carbocycles. The lowest BCUT2D eigenvalue weighted by molar-refractivity contribution is -0.146. The second-order valence-corrected chi connectivity index (χ2v) is 7.55. The van der Waals surface area contributed by atoms with Gasteiger partial charge in [-0.05, 0) is 55.5 Å². The van der Waals surface area contributed by atoms with Crippen LogP contribution in [0.1, 0.15) is 47.1 Å². The molecule has 3 aromatic rings. The normalized spacial score (nSPS) is 13.6. The van der Waals surface area contributed by atoms with Crippen molar-refractivity contribution in [3.8, 4) is 11.3 Å². The van der Waals surface area contributed by atoms with E-state index >= 15 is 0 Å². The van der Waals surface area contributed by atoms with Crippen molar-refractivity contribution in [2.24, 2.45) is 0 Å². The molecule has 0 spiro atoms. The number of Topliss-reactive ketones (excluding diaryl/α,β-unsaturated/α-hetero) is 1. The van der Waals surface area contributed by atoms with Gasteiger partial charge >= 0.3 is 5.97 Å². The summed E-state index contributed by atoms with van der Waals surface area (Å²) < 4.78 is 38.4. The highest BCUT2D eigenvalue weighted by molar-refractivity contribution is 6.00. The number of aromatic nitrogens is 1. The van der Waals surface area contributed by atoms with Gasteiger partial charge in [-0.15, -0.1) is 0 Å². The topological polar surface area (TPSA) is 69.4 Å². The van der Waals surface area contributed by atoms with E-state index in [2.05, 4.69) is 4.98 Å². The Kier molecular flexibility index (Phi) is 5.93. The van der Waals surface area contributed by atoms with Crippen molar-refractivity contribution in [3.63, 3.8) is 0 Å². The predicted octanol–water partition coefficient (Wildman–Crippen LogP) is 4.86. The van der Waals surface area contributed by atoms with Crippen LogP contribution >= 0.6 is 0 Å². The quantitative estimate of drug-likeness (QED) is 0.400. The molecule has 160 valence electrons. The monoisotopic (exact) mass is 425 g/mol. The second kappa shape index (κ2) is 8.79. The standard InChI is InChI=1S/C24H21F2NO4/c1-14(24(29)17-9-8-15-4-2-5-16(15)12-17)30-22(28)11-10-21-27-13-20(31-21)23-18(25)6-3-7-19(23)26/h3,6-9,12-14H,2,4-5,10-11H2,1H3. The number of carbonyl (C=O) groups excluding carboxylic acids is 2. The second-order valence-electron chi connectivity index (χ2n) is 7.55. The first-order chi connectivity index (χ1) is 14.9. The molecule has 1 atom stereocenters. The summed E-state index contributed by atoms with van der Waals surface area (Å²) in [5.41, 5.74) is 2.67. The molecule has 1 aliphatic carbocycles. The van der Waals surface area contributed by atoms with E-state index in [0.29, 0.717) is 5.56 Å². The molecule has 1 heterocycles. The molecule has 0 radical (unpaired) electrons. The summed E-state index contributed by atoms with van der Waals surface area (Å²) in [6.07, 6.45) is 3.36. The number of oxazole rings is 1. The maximum Gasteiger partial charge on any atom is 0.307 e. The Hall–Kier alpha value is -3.35. The Morgan fingerprint density at radius 1 is 1.13 bits per heavy atom. The molecule has 5 nitrogen and oxygen atoms in total. The van der Waals surface area contributed by atoms with Gasteiger partial charge in [-0.25, -0.2) is 13.8 Å². The van der Waals surface area contributed by atoms with Crippen molar-refractivity contribution >= 4 is 11.8 Å². The lowest BCUT2D eigenvalue weighted by Gasteiger charge is -2.13. The lowest BCUT2D eigenvalue weighted by atomic mass is 10.0. The minimum atomic E-state index is -0.917. The number of aryl methyl sites for hydroxylation is 3. The van der Waals surface area contributed by atoms with Crippen LogP contribution in [-0.2, 0) is 28.8 Å². The van der Waals surface area contributed by atoms with Gasteiger partial charge in [-0.3, -0.25) is 9.59 Å². The number of ketones is 1. The molecule has 0 saturated heterocycles. The van der Waals surface area contributed by atoms with Crippen LogP contribution in [0.3, 0.4) is 0 Å². The molecular weight excluding hydrogens is 404 g/mol. The van der Waals surface area contributed by atoms with Gasteiger partial charge < -0.3 is 9.15 Å². The zero-order chi connectivity index (χ0) is 22.0. The first kappa shape index (κ1) is 20.9. The number of esters is 1. The Labute approximate surface area is 178 Å². The van der Waals surface area contributed by atoms with Gasteiger partial charge in [0.15, 0.2) is 17.8 Å². The van der Waals surface area contributed by atoms with Gasteiger partial charge in [0.2, 0.25) is 5.78 Å². The third-order valence-corrected chi connectivity index (χ3v) is 5.37. The van der Waals surface area contributed by atoms with Crippen molar-refractivity contribution in [1.29, 1.82) is 0 Å².